The van der Waals surface area contributed by atoms with E-state index in [2.05, 4.69) is 10.2 Å². The van der Waals surface area contributed by atoms with Gasteiger partial charge in [0.25, 0.3) is 0 Å². The molecule has 0 saturated carbocycles. The number of carbonyl (C=O) groups is 1. The second kappa shape index (κ2) is 7.29. The number of nitrogens with zero attached hydrogens (tertiary/aromatic N) is 3. The molecular formula is C20H22ClN3O3. The van der Waals surface area contributed by atoms with Crippen LogP contribution in [0.3, 0.4) is 0 Å². The number of rotatable bonds is 5. The van der Waals surface area contributed by atoms with Crippen LogP contribution >= 0.6 is 11.6 Å². The molecule has 0 aliphatic rings. The van der Waals surface area contributed by atoms with Gasteiger partial charge in [-0.25, -0.2) is 0 Å². The van der Waals surface area contributed by atoms with Gasteiger partial charge in [-0.3, -0.25) is 0 Å². The number of ether oxygens (including phenoxy) is 1. The maximum Gasteiger partial charge on any atom is 0.149 e. The Morgan fingerprint density at radius 3 is 2.56 bits per heavy atom. The van der Waals surface area contributed by atoms with Crippen molar-refractivity contribution in [3.05, 3.63) is 46.5 Å². The molecule has 3 aromatic rings. The number of fused-ring (bicyclic) bond motifs is 1. The van der Waals surface area contributed by atoms with E-state index >= 15 is 0 Å². The summed E-state index contributed by atoms with van der Waals surface area (Å²) in [6, 6.07) is 8.92. The zero-order valence-corrected chi connectivity index (χ0v) is 16.5. The van der Waals surface area contributed by atoms with Crippen molar-refractivity contribution >= 4 is 28.9 Å². The molecule has 0 aliphatic carbocycles. The van der Waals surface area contributed by atoms with Gasteiger partial charge in [0.05, 0.1) is 0 Å². The van der Waals surface area contributed by atoms with Crippen molar-refractivity contribution in [2.45, 2.75) is 38.7 Å². The van der Waals surface area contributed by atoms with Gasteiger partial charge >= 0.3 is 0 Å². The summed E-state index contributed by atoms with van der Waals surface area (Å²) in [4.78, 5) is 12.6. The van der Waals surface area contributed by atoms with E-state index in [1.807, 2.05) is 26.8 Å². The number of hydrogen-bond acceptors (Lipinski definition) is 5. The largest absolute Gasteiger partial charge is 0.505 e. The molecule has 3 rings (SSSR count). The number of hydrogen-bond donors (Lipinski definition) is 1. The average Bonchev–Trinajstić information content (AvgIpc) is 3.02. The summed E-state index contributed by atoms with van der Waals surface area (Å²) in [6.45, 7) is 6.03. The Morgan fingerprint density at radius 1 is 1.22 bits per heavy atom. The summed E-state index contributed by atoms with van der Waals surface area (Å²) in [6.07, 6.45) is 0.605. The minimum absolute atomic E-state index is 0.109. The first-order valence-corrected chi connectivity index (χ1v) is 8.98. The SMILES string of the molecule is COC(C=O)Cc1cc(-n2nc3ccc(Cl)cc3n2)c(O)c(C(C)(C)C)c1. The molecular weight excluding hydrogens is 366 g/mol. The van der Waals surface area contributed by atoms with Crippen molar-refractivity contribution in [1.82, 2.24) is 15.0 Å². The first-order chi connectivity index (χ1) is 12.7. The molecule has 1 aromatic heterocycles. The molecule has 0 radical (unpaired) electrons. The Morgan fingerprint density at radius 2 is 1.93 bits per heavy atom. The molecule has 1 heterocycles. The Balaban J connectivity index is 2.18. The third kappa shape index (κ3) is 3.96. The molecule has 7 heteroatoms. The fourth-order valence-corrected chi connectivity index (χ4v) is 3.10. The van der Waals surface area contributed by atoms with Crippen LogP contribution in [0.1, 0.15) is 31.9 Å². The number of aldehydes is 1. The quantitative estimate of drug-likeness (QED) is 0.673. The van der Waals surface area contributed by atoms with Gasteiger partial charge in [-0.15, -0.1) is 15.0 Å². The lowest BCUT2D eigenvalue weighted by atomic mass is 9.84. The fraction of sp³-hybridized carbons (Fsp3) is 0.350. The Bertz CT molecular complexity index is 992. The van der Waals surface area contributed by atoms with E-state index < -0.39 is 6.10 Å². The van der Waals surface area contributed by atoms with E-state index in [-0.39, 0.29) is 11.2 Å². The lowest BCUT2D eigenvalue weighted by Gasteiger charge is -2.23. The van der Waals surface area contributed by atoms with Crippen LogP contribution in [0.5, 0.6) is 5.75 Å². The number of methoxy groups -OCH3 is 1. The molecule has 0 fully saturated rings. The van der Waals surface area contributed by atoms with Crippen molar-refractivity contribution in [3.8, 4) is 11.4 Å². The molecule has 142 valence electrons. The van der Waals surface area contributed by atoms with Crippen molar-refractivity contribution in [3.63, 3.8) is 0 Å². The monoisotopic (exact) mass is 387 g/mol. The molecule has 0 saturated heterocycles. The Kier molecular flexibility index (Phi) is 5.22. The first kappa shape index (κ1) is 19.3. The number of aromatic nitrogens is 3. The minimum Gasteiger partial charge on any atom is -0.505 e. The second-order valence-corrected chi connectivity index (χ2v) is 7.93. The van der Waals surface area contributed by atoms with Crippen LogP contribution < -0.4 is 0 Å². The summed E-state index contributed by atoms with van der Waals surface area (Å²) in [5.74, 6) is 0.109. The molecule has 0 amide bonds. The van der Waals surface area contributed by atoms with Crippen molar-refractivity contribution < 1.29 is 14.6 Å². The summed E-state index contributed by atoms with van der Waals surface area (Å²) in [7, 11) is 1.50. The van der Waals surface area contributed by atoms with E-state index in [0.29, 0.717) is 28.2 Å². The number of phenols is 1. The number of halogens is 1. The third-order valence-electron chi connectivity index (χ3n) is 4.41. The molecule has 6 nitrogen and oxygen atoms in total. The summed E-state index contributed by atoms with van der Waals surface area (Å²) >= 11 is 6.03. The van der Waals surface area contributed by atoms with Crippen LogP contribution in [0.2, 0.25) is 5.02 Å². The molecule has 1 unspecified atom stereocenters. The van der Waals surface area contributed by atoms with E-state index in [0.717, 1.165) is 17.4 Å². The molecule has 1 atom stereocenters. The number of carbonyl (C=O) groups excluding carboxylic acids is 1. The normalized spacial score (nSPS) is 13.1. The molecule has 1 N–H and O–H groups in total. The van der Waals surface area contributed by atoms with Gasteiger partial charge in [-0.1, -0.05) is 38.4 Å². The van der Waals surface area contributed by atoms with Crippen LogP contribution in [0.4, 0.5) is 0 Å². The van der Waals surface area contributed by atoms with E-state index in [9.17, 15) is 9.90 Å². The summed E-state index contributed by atoms with van der Waals surface area (Å²) < 4.78 is 5.18. The lowest BCUT2D eigenvalue weighted by Crippen LogP contribution is -2.18. The number of phenolic OH excluding ortho intramolecular Hbond substituents is 1. The number of benzene rings is 2. The molecule has 2 aromatic carbocycles. The van der Waals surface area contributed by atoms with Crippen molar-refractivity contribution in [2.75, 3.05) is 7.11 Å². The van der Waals surface area contributed by atoms with Gasteiger partial charge in [-0.2, -0.15) is 0 Å². The van der Waals surface area contributed by atoms with Crippen LogP contribution in [0, 0.1) is 0 Å². The molecule has 0 bridgehead atoms. The highest BCUT2D eigenvalue weighted by Gasteiger charge is 2.24. The maximum absolute atomic E-state index is 11.2. The Labute approximate surface area is 162 Å². The lowest BCUT2D eigenvalue weighted by molar-refractivity contribution is -0.116. The average molecular weight is 388 g/mol. The van der Waals surface area contributed by atoms with Crippen LogP contribution in [0.15, 0.2) is 30.3 Å². The molecule has 27 heavy (non-hydrogen) atoms. The second-order valence-electron chi connectivity index (χ2n) is 7.50. The van der Waals surface area contributed by atoms with E-state index in [1.54, 1.807) is 24.3 Å². The van der Waals surface area contributed by atoms with Gasteiger partial charge in [0.15, 0.2) is 0 Å². The highest BCUT2D eigenvalue weighted by Crippen LogP contribution is 2.36. The van der Waals surface area contributed by atoms with Gasteiger partial charge in [0, 0.05) is 24.1 Å². The maximum atomic E-state index is 11.2. The predicted octanol–water partition coefficient (Wildman–Crippen LogP) is 3.83. The highest BCUT2D eigenvalue weighted by atomic mass is 35.5. The topological polar surface area (TPSA) is 77.2 Å². The Hall–Kier alpha value is -2.44. The molecule has 0 spiro atoms. The number of aromatic hydroxyl groups is 1. The minimum atomic E-state index is -0.557. The smallest absolute Gasteiger partial charge is 0.149 e. The van der Waals surface area contributed by atoms with E-state index in [1.165, 1.54) is 11.9 Å². The summed E-state index contributed by atoms with van der Waals surface area (Å²) in [5.41, 5.74) is 3.04. The van der Waals surface area contributed by atoms with Crippen LogP contribution in [-0.2, 0) is 21.4 Å². The predicted molar refractivity (Wildman–Crippen MR) is 105 cm³/mol. The third-order valence-corrected chi connectivity index (χ3v) is 4.64. The fourth-order valence-electron chi connectivity index (χ4n) is 2.93. The van der Waals surface area contributed by atoms with Crippen molar-refractivity contribution in [1.29, 1.82) is 0 Å². The standard InChI is InChI=1S/C20H22ClN3O3/c1-20(2,3)15-8-12(7-14(11-25)27-4)9-18(19(15)26)24-22-16-6-5-13(21)10-17(16)23-24/h5-6,8-11,14,26H,7H2,1-4H3. The van der Waals surface area contributed by atoms with Gasteiger partial charge in [-0.05, 0) is 35.2 Å². The van der Waals surface area contributed by atoms with Crippen LogP contribution in [0.25, 0.3) is 16.7 Å². The first-order valence-electron chi connectivity index (χ1n) is 8.60. The van der Waals surface area contributed by atoms with E-state index in [4.69, 9.17) is 16.3 Å². The van der Waals surface area contributed by atoms with Gasteiger partial charge in [0.1, 0.15) is 34.9 Å². The molecule has 0 aliphatic heterocycles. The van der Waals surface area contributed by atoms with Gasteiger partial charge in [0.2, 0.25) is 0 Å². The highest BCUT2D eigenvalue weighted by molar-refractivity contribution is 6.31. The van der Waals surface area contributed by atoms with Crippen molar-refractivity contribution in [2.24, 2.45) is 0 Å². The van der Waals surface area contributed by atoms with Gasteiger partial charge < -0.3 is 14.6 Å². The zero-order chi connectivity index (χ0) is 19.8. The zero-order valence-electron chi connectivity index (χ0n) is 15.7. The summed E-state index contributed by atoms with van der Waals surface area (Å²) in [5, 5.41) is 20.4. The van der Waals surface area contributed by atoms with Crippen LogP contribution in [-0.4, -0.2) is 39.6 Å².